The molecule has 0 fully saturated rings. The molecule has 2 aromatic heterocycles. The van der Waals surface area contributed by atoms with E-state index in [-0.39, 0.29) is 0 Å². The average molecular weight is 222 g/mol. The maximum absolute atomic E-state index is 5.48. The second-order valence-corrected chi connectivity index (χ2v) is 3.67. The van der Waals surface area contributed by atoms with E-state index < -0.39 is 0 Å². The van der Waals surface area contributed by atoms with Crippen LogP contribution in [0.1, 0.15) is 5.69 Å². The number of hydrogen-bond acceptors (Lipinski definition) is 6. The standard InChI is InChI=1S/C9H10N4OS/c1-14-8-3-2-7(12-13-8)9-11-6(4-10)5-15-9/h2-3,5H,4,10H2,1H3. The summed E-state index contributed by atoms with van der Waals surface area (Å²) in [6.45, 7) is 0.445. The third kappa shape index (κ3) is 2.11. The first-order valence-electron chi connectivity index (χ1n) is 4.36. The van der Waals surface area contributed by atoms with Crippen molar-refractivity contribution >= 4 is 11.3 Å². The minimum atomic E-state index is 0.445. The van der Waals surface area contributed by atoms with Gasteiger partial charge in [0.15, 0.2) is 0 Å². The van der Waals surface area contributed by atoms with Crippen molar-refractivity contribution in [3.63, 3.8) is 0 Å². The summed E-state index contributed by atoms with van der Waals surface area (Å²) >= 11 is 1.51. The van der Waals surface area contributed by atoms with Crippen LogP contribution in [0, 0.1) is 0 Å². The van der Waals surface area contributed by atoms with Crippen molar-refractivity contribution in [2.75, 3.05) is 7.11 Å². The van der Waals surface area contributed by atoms with Crippen molar-refractivity contribution in [1.29, 1.82) is 0 Å². The lowest BCUT2D eigenvalue weighted by Gasteiger charge is -1.97. The molecule has 6 heteroatoms. The molecule has 2 N–H and O–H groups in total. The Hall–Kier alpha value is -1.53. The Bertz CT molecular complexity index is 440. The van der Waals surface area contributed by atoms with Gasteiger partial charge in [0.2, 0.25) is 5.88 Å². The van der Waals surface area contributed by atoms with Gasteiger partial charge in [-0.2, -0.15) is 0 Å². The van der Waals surface area contributed by atoms with E-state index >= 15 is 0 Å². The number of thiazole rings is 1. The highest BCUT2D eigenvalue weighted by atomic mass is 32.1. The van der Waals surface area contributed by atoms with Crippen molar-refractivity contribution in [1.82, 2.24) is 15.2 Å². The summed E-state index contributed by atoms with van der Waals surface area (Å²) in [4.78, 5) is 4.30. The Labute approximate surface area is 90.9 Å². The summed E-state index contributed by atoms with van der Waals surface area (Å²) in [5.74, 6) is 0.495. The number of ether oxygens (including phenoxy) is 1. The monoisotopic (exact) mass is 222 g/mol. The van der Waals surface area contributed by atoms with E-state index in [2.05, 4.69) is 15.2 Å². The first-order valence-corrected chi connectivity index (χ1v) is 5.24. The topological polar surface area (TPSA) is 73.9 Å². The first kappa shape index (κ1) is 10.0. The zero-order valence-electron chi connectivity index (χ0n) is 8.17. The van der Waals surface area contributed by atoms with Crippen molar-refractivity contribution in [3.8, 4) is 16.6 Å². The molecule has 0 radical (unpaired) electrons. The molecule has 0 bridgehead atoms. The van der Waals surface area contributed by atoms with Gasteiger partial charge in [0.05, 0.1) is 12.8 Å². The van der Waals surface area contributed by atoms with Gasteiger partial charge < -0.3 is 10.5 Å². The van der Waals surface area contributed by atoms with E-state index in [4.69, 9.17) is 10.5 Å². The molecule has 2 aromatic rings. The third-order valence-electron chi connectivity index (χ3n) is 1.83. The van der Waals surface area contributed by atoms with Crippen LogP contribution in [0.4, 0.5) is 0 Å². The summed E-state index contributed by atoms with van der Waals surface area (Å²) in [5, 5.41) is 10.6. The number of hydrogen-bond donors (Lipinski definition) is 1. The average Bonchev–Trinajstić information content (AvgIpc) is 2.78. The van der Waals surface area contributed by atoms with E-state index in [0.717, 1.165) is 16.4 Å². The fourth-order valence-corrected chi connectivity index (χ4v) is 1.86. The van der Waals surface area contributed by atoms with Crippen LogP contribution in [0.15, 0.2) is 17.5 Å². The van der Waals surface area contributed by atoms with Crippen LogP contribution in [0.3, 0.4) is 0 Å². The van der Waals surface area contributed by atoms with Gasteiger partial charge in [0.25, 0.3) is 0 Å². The highest BCUT2D eigenvalue weighted by molar-refractivity contribution is 7.13. The number of aromatic nitrogens is 3. The molecule has 0 saturated heterocycles. The molecule has 0 saturated carbocycles. The van der Waals surface area contributed by atoms with Crippen LogP contribution in [-0.2, 0) is 6.54 Å². The maximum atomic E-state index is 5.48. The molecule has 78 valence electrons. The van der Waals surface area contributed by atoms with E-state index in [1.165, 1.54) is 11.3 Å². The molecule has 15 heavy (non-hydrogen) atoms. The fourth-order valence-electron chi connectivity index (χ4n) is 1.06. The van der Waals surface area contributed by atoms with Gasteiger partial charge in [-0.1, -0.05) is 0 Å². The second-order valence-electron chi connectivity index (χ2n) is 2.81. The minimum Gasteiger partial charge on any atom is -0.480 e. The Morgan fingerprint density at radius 2 is 2.27 bits per heavy atom. The zero-order chi connectivity index (χ0) is 10.7. The number of methoxy groups -OCH3 is 1. The summed E-state index contributed by atoms with van der Waals surface area (Å²) in [5.41, 5.74) is 7.08. The van der Waals surface area contributed by atoms with Crippen molar-refractivity contribution in [2.24, 2.45) is 5.73 Å². The lowest BCUT2D eigenvalue weighted by Crippen LogP contribution is -1.96. The molecule has 0 aliphatic carbocycles. The van der Waals surface area contributed by atoms with Crippen LogP contribution in [0.2, 0.25) is 0 Å². The summed E-state index contributed by atoms with van der Waals surface area (Å²) in [6.07, 6.45) is 0. The van der Waals surface area contributed by atoms with Gasteiger partial charge in [0.1, 0.15) is 10.7 Å². The predicted octanol–water partition coefficient (Wildman–Crippen LogP) is 1.07. The smallest absolute Gasteiger partial charge is 0.233 e. The normalized spacial score (nSPS) is 10.3. The van der Waals surface area contributed by atoms with E-state index in [1.54, 1.807) is 13.2 Å². The third-order valence-corrected chi connectivity index (χ3v) is 2.74. The fraction of sp³-hybridized carbons (Fsp3) is 0.222. The minimum absolute atomic E-state index is 0.445. The Kier molecular flexibility index (Phi) is 2.89. The quantitative estimate of drug-likeness (QED) is 0.840. The molecule has 5 nitrogen and oxygen atoms in total. The molecule has 0 aliphatic rings. The molecular formula is C9H10N4OS. The molecule has 0 aromatic carbocycles. The molecule has 0 aliphatic heterocycles. The SMILES string of the molecule is COc1ccc(-c2nc(CN)cs2)nn1. The molecule has 2 heterocycles. The van der Waals surface area contributed by atoms with Gasteiger partial charge in [-0.25, -0.2) is 4.98 Å². The number of nitrogens with two attached hydrogens (primary N) is 1. The van der Waals surface area contributed by atoms with Gasteiger partial charge >= 0.3 is 0 Å². The van der Waals surface area contributed by atoms with Gasteiger partial charge in [0, 0.05) is 18.0 Å². The van der Waals surface area contributed by atoms with E-state index in [9.17, 15) is 0 Å². The van der Waals surface area contributed by atoms with Gasteiger partial charge in [-0.05, 0) is 6.07 Å². The predicted molar refractivity (Wildman–Crippen MR) is 57.6 cm³/mol. The van der Waals surface area contributed by atoms with Crippen molar-refractivity contribution < 1.29 is 4.74 Å². The highest BCUT2D eigenvalue weighted by Crippen LogP contribution is 2.21. The lowest BCUT2D eigenvalue weighted by atomic mass is 10.4. The molecule has 0 unspecified atom stereocenters. The molecular weight excluding hydrogens is 212 g/mol. The molecule has 0 spiro atoms. The highest BCUT2D eigenvalue weighted by Gasteiger charge is 2.05. The van der Waals surface area contributed by atoms with Crippen LogP contribution in [0.5, 0.6) is 5.88 Å². The number of nitrogens with zero attached hydrogens (tertiary/aromatic N) is 3. The van der Waals surface area contributed by atoms with Crippen LogP contribution >= 0.6 is 11.3 Å². The molecule has 0 atom stereocenters. The lowest BCUT2D eigenvalue weighted by molar-refractivity contribution is 0.392. The van der Waals surface area contributed by atoms with Gasteiger partial charge in [-0.3, -0.25) is 0 Å². The van der Waals surface area contributed by atoms with E-state index in [0.29, 0.717) is 12.4 Å². The zero-order valence-corrected chi connectivity index (χ0v) is 8.99. The summed E-state index contributed by atoms with van der Waals surface area (Å²) in [7, 11) is 1.56. The van der Waals surface area contributed by atoms with Crippen LogP contribution in [-0.4, -0.2) is 22.3 Å². The largest absolute Gasteiger partial charge is 0.480 e. The van der Waals surface area contributed by atoms with Crippen molar-refractivity contribution in [2.45, 2.75) is 6.54 Å². The van der Waals surface area contributed by atoms with Crippen LogP contribution in [0.25, 0.3) is 10.7 Å². The van der Waals surface area contributed by atoms with Gasteiger partial charge in [-0.15, -0.1) is 21.5 Å². The summed E-state index contributed by atoms with van der Waals surface area (Å²) in [6, 6.07) is 3.58. The van der Waals surface area contributed by atoms with Crippen molar-refractivity contribution in [3.05, 3.63) is 23.2 Å². The van der Waals surface area contributed by atoms with E-state index in [1.807, 2.05) is 11.4 Å². The Morgan fingerprint density at radius 3 is 2.80 bits per heavy atom. The van der Waals surface area contributed by atoms with Crippen LogP contribution < -0.4 is 10.5 Å². The summed E-state index contributed by atoms with van der Waals surface area (Å²) < 4.78 is 4.92. The number of rotatable bonds is 3. The Balaban J connectivity index is 2.28. The first-order chi connectivity index (χ1) is 7.33. The molecule has 0 amide bonds. The Morgan fingerprint density at radius 1 is 1.40 bits per heavy atom. The molecule has 2 rings (SSSR count). The maximum Gasteiger partial charge on any atom is 0.233 e. The second kappa shape index (κ2) is 4.33.